The van der Waals surface area contributed by atoms with E-state index in [1.165, 1.54) is 25.3 Å². The van der Waals surface area contributed by atoms with Crippen molar-refractivity contribution in [3.05, 3.63) is 35.6 Å². The summed E-state index contributed by atoms with van der Waals surface area (Å²) >= 11 is 0. The molecule has 1 atom stereocenters. The molecule has 1 nitrogen and oxygen atoms in total. The van der Waals surface area contributed by atoms with Crippen LogP contribution in [0, 0.1) is 11.2 Å². The van der Waals surface area contributed by atoms with Crippen molar-refractivity contribution in [3.8, 4) is 0 Å². The summed E-state index contributed by atoms with van der Waals surface area (Å²) in [5.41, 5.74) is 1.45. The number of benzene rings is 1. The van der Waals surface area contributed by atoms with Crippen LogP contribution in [0.2, 0.25) is 0 Å². The Morgan fingerprint density at radius 2 is 1.86 bits per heavy atom. The lowest BCUT2D eigenvalue weighted by molar-refractivity contribution is 0.206. The van der Waals surface area contributed by atoms with Gasteiger partial charge in [-0.2, -0.15) is 0 Å². The van der Waals surface area contributed by atoms with E-state index >= 15 is 0 Å². The maximum absolute atomic E-state index is 13.5. The second-order valence-corrected chi connectivity index (χ2v) is 7.37. The van der Waals surface area contributed by atoms with E-state index in [9.17, 15) is 4.39 Å². The Morgan fingerprint density at radius 3 is 2.38 bits per heavy atom. The Bertz CT molecular complexity index is 422. The second kappa shape index (κ2) is 7.93. The molecular formula is C19H32FN. The number of halogens is 1. The maximum Gasteiger partial charge on any atom is 0.123 e. The van der Waals surface area contributed by atoms with Crippen molar-refractivity contribution >= 4 is 0 Å². The molecule has 1 aromatic carbocycles. The third-order valence-electron chi connectivity index (χ3n) is 4.27. The van der Waals surface area contributed by atoms with Crippen molar-refractivity contribution < 1.29 is 4.39 Å². The Labute approximate surface area is 130 Å². The van der Waals surface area contributed by atoms with E-state index in [-0.39, 0.29) is 16.8 Å². The van der Waals surface area contributed by atoms with Crippen LogP contribution in [0.4, 0.5) is 4.39 Å². The molecule has 0 radical (unpaired) electrons. The highest BCUT2D eigenvalue weighted by molar-refractivity contribution is 5.18. The monoisotopic (exact) mass is 293 g/mol. The zero-order chi connectivity index (χ0) is 15.9. The van der Waals surface area contributed by atoms with Crippen molar-refractivity contribution in [2.75, 3.05) is 6.54 Å². The van der Waals surface area contributed by atoms with Crippen LogP contribution in [-0.4, -0.2) is 12.1 Å². The van der Waals surface area contributed by atoms with Crippen LogP contribution in [0.25, 0.3) is 0 Å². The van der Waals surface area contributed by atoms with Gasteiger partial charge >= 0.3 is 0 Å². The average Bonchev–Trinajstić information content (AvgIpc) is 2.41. The van der Waals surface area contributed by atoms with E-state index in [4.69, 9.17) is 0 Å². The molecule has 0 bridgehead atoms. The molecule has 0 heterocycles. The van der Waals surface area contributed by atoms with Crippen molar-refractivity contribution in [1.29, 1.82) is 0 Å². The molecule has 0 aliphatic rings. The molecular weight excluding hydrogens is 261 g/mol. The fraction of sp³-hybridized carbons (Fsp3) is 0.684. The minimum absolute atomic E-state index is 0.120. The van der Waals surface area contributed by atoms with Crippen molar-refractivity contribution in [1.82, 2.24) is 5.32 Å². The molecule has 0 fully saturated rings. The van der Waals surface area contributed by atoms with Gasteiger partial charge in [-0.1, -0.05) is 38.8 Å². The zero-order valence-corrected chi connectivity index (χ0v) is 14.4. The minimum atomic E-state index is -0.128. The zero-order valence-electron chi connectivity index (χ0n) is 14.4. The highest BCUT2D eigenvalue weighted by atomic mass is 19.1. The molecule has 1 N–H and O–H groups in total. The van der Waals surface area contributed by atoms with Gasteiger partial charge in [-0.3, -0.25) is 0 Å². The predicted molar refractivity (Wildman–Crippen MR) is 90.1 cm³/mol. The summed E-state index contributed by atoms with van der Waals surface area (Å²) < 4.78 is 13.5. The minimum Gasteiger partial charge on any atom is -0.312 e. The van der Waals surface area contributed by atoms with Crippen molar-refractivity contribution in [3.63, 3.8) is 0 Å². The van der Waals surface area contributed by atoms with Gasteiger partial charge in [-0.25, -0.2) is 4.39 Å². The normalized spacial score (nSPS) is 15.0. The quantitative estimate of drug-likeness (QED) is 0.682. The van der Waals surface area contributed by atoms with Gasteiger partial charge in [0, 0.05) is 12.1 Å². The molecule has 1 aromatic rings. The smallest absolute Gasteiger partial charge is 0.123 e. The Balaban J connectivity index is 2.88. The van der Waals surface area contributed by atoms with Crippen LogP contribution in [0.3, 0.4) is 0 Å². The van der Waals surface area contributed by atoms with Crippen molar-refractivity contribution in [2.45, 2.75) is 72.3 Å². The van der Waals surface area contributed by atoms with Gasteiger partial charge in [0.15, 0.2) is 0 Å². The van der Waals surface area contributed by atoms with Gasteiger partial charge < -0.3 is 5.32 Å². The third kappa shape index (κ3) is 6.60. The molecule has 1 rings (SSSR count). The average molecular weight is 293 g/mol. The highest BCUT2D eigenvalue weighted by Crippen LogP contribution is 2.33. The lowest BCUT2D eigenvalue weighted by Crippen LogP contribution is -2.44. The number of rotatable bonds is 8. The summed E-state index contributed by atoms with van der Waals surface area (Å²) in [5.74, 6) is -0.128. The first-order chi connectivity index (χ1) is 9.80. The van der Waals surface area contributed by atoms with E-state index in [1.807, 2.05) is 6.07 Å². The molecule has 1 unspecified atom stereocenters. The molecule has 120 valence electrons. The molecule has 0 saturated carbocycles. The van der Waals surface area contributed by atoms with Crippen LogP contribution in [0.15, 0.2) is 24.3 Å². The van der Waals surface area contributed by atoms with Gasteiger partial charge in [-0.05, 0) is 63.1 Å². The molecule has 0 spiro atoms. The summed E-state index contributed by atoms with van der Waals surface area (Å²) in [6, 6.07) is 7.09. The first kappa shape index (κ1) is 18.2. The third-order valence-corrected chi connectivity index (χ3v) is 4.27. The van der Waals surface area contributed by atoms with Crippen LogP contribution < -0.4 is 5.32 Å². The molecule has 0 amide bonds. The molecule has 0 aliphatic carbocycles. The van der Waals surface area contributed by atoms with E-state index < -0.39 is 0 Å². The molecule has 0 saturated heterocycles. The van der Waals surface area contributed by atoms with Crippen LogP contribution in [0.5, 0.6) is 0 Å². The SMILES string of the molecule is CCCCC(CC)(CNC(C)(C)C)Cc1cccc(F)c1. The first-order valence-electron chi connectivity index (χ1n) is 8.30. The lowest BCUT2D eigenvalue weighted by atomic mass is 9.74. The number of unbranched alkanes of at least 4 members (excludes halogenated alkanes) is 1. The van der Waals surface area contributed by atoms with Gasteiger partial charge in [0.2, 0.25) is 0 Å². The second-order valence-electron chi connectivity index (χ2n) is 7.37. The first-order valence-corrected chi connectivity index (χ1v) is 8.30. The Hall–Kier alpha value is -0.890. The highest BCUT2D eigenvalue weighted by Gasteiger charge is 2.29. The number of hydrogen-bond acceptors (Lipinski definition) is 1. The largest absolute Gasteiger partial charge is 0.312 e. The summed E-state index contributed by atoms with van der Waals surface area (Å²) in [7, 11) is 0. The van der Waals surface area contributed by atoms with E-state index in [0.717, 1.165) is 24.9 Å². The number of nitrogens with one attached hydrogen (secondary N) is 1. The molecule has 0 aliphatic heterocycles. The van der Waals surface area contributed by atoms with E-state index in [1.54, 1.807) is 6.07 Å². The van der Waals surface area contributed by atoms with Crippen LogP contribution >= 0.6 is 0 Å². The molecule has 2 heteroatoms. The maximum atomic E-state index is 13.5. The van der Waals surface area contributed by atoms with Crippen molar-refractivity contribution in [2.24, 2.45) is 5.41 Å². The summed E-state index contributed by atoms with van der Waals surface area (Å²) in [4.78, 5) is 0. The van der Waals surface area contributed by atoms with Gasteiger partial charge in [0.25, 0.3) is 0 Å². The lowest BCUT2D eigenvalue weighted by Gasteiger charge is -2.36. The van der Waals surface area contributed by atoms with Crippen LogP contribution in [0.1, 0.15) is 65.9 Å². The Morgan fingerprint density at radius 1 is 1.14 bits per heavy atom. The molecule has 21 heavy (non-hydrogen) atoms. The number of hydrogen-bond donors (Lipinski definition) is 1. The Kier molecular flexibility index (Phi) is 6.86. The summed E-state index contributed by atoms with van der Waals surface area (Å²) in [6.45, 7) is 12.1. The van der Waals surface area contributed by atoms with Gasteiger partial charge in [-0.15, -0.1) is 0 Å². The summed E-state index contributed by atoms with van der Waals surface area (Å²) in [6.07, 6.45) is 5.70. The van der Waals surface area contributed by atoms with E-state index in [2.05, 4.69) is 46.0 Å². The fourth-order valence-corrected chi connectivity index (χ4v) is 2.75. The van der Waals surface area contributed by atoms with Gasteiger partial charge in [0.05, 0.1) is 0 Å². The predicted octanol–water partition coefficient (Wildman–Crippen LogP) is 5.34. The standard InChI is InChI=1S/C19H32FN/c1-6-8-12-19(7-2,15-21-18(3,4)5)14-16-10-9-11-17(20)13-16/h9-11,13,21H,6-8,12,14-15H2,1-5H3. The van der Waals surface area contributed by atoms with Gasteiger partial charge in [0.1, 0.15) is 5.82 Å². The fourth-order valence-electron chi connectivity index (χ4n) is 2.75. The molecule has 0 aromatic heterocycles. The van der Waals surface area contributed by atoms with Crippen LogP contribution in [-0.2, 0) is 6.42 Å². The van der Waals surface area contributed by atoms with E-state index in [0.29, 0.717) is 0 Å². The topological polar surface area (TPSA) is 12.0 Å². The summed E-state index contributed by atoms with van der Waals surface area (Å²) in [5, 5.41) is 3.66.